The highest BCUT2D eigenvalue weighted by atomic mass is 32.2. The van der Waals surface area contributed by atoms with Gasteiger partial charge >= 0.3 is 0 Å². The Morgan fingerprint density at radius 3 is 2.44 bits per heavy atom. The van der Waals surface area contributed by atoms with Gasteiger partial charge in [0, 0.05) is 25.2 Å². The molecule has 1 aromatic heterocycles. The summed E-state index contributed by atoms with van der Waals surface area (Å²) >= 11 is 0. The van der Waals surface area contributed by atoms with Crippen LogP contribution in [0.15, 0.2) is 53.7 Å². The molecule has 1 aromatic carbocycles. The number of nitrogens with zero attached hydrogens (tertiary/aromatic N) is 2. The number of nitrogens with one attached hydrogen (secondary N) is 1. The Kier molecular flexibility index (Phi) is 5.10. The van der Waals surface area contributed by atoms with Crippen molar-refractivity contribution in [2.75, 3.05) is 18.4 Å². The molecule has 8 heteroatoms. The van der Waals surface area contributed by atoms with Crippen molar-refractivity contribution in [3.8, 4) is 0 Å². The van der Waals surface area contributed by atoms with E-state index in [1.54, 1.807) is 24.5 Å². The average molecular weight is 363 g/mol. The molecule has 1 saturated heterocycles. The first-order chi connectivity index (χ1) is 12.0. The summed E-state index contributed by atoms with van der Waals surface area (Å²) in [4.78, 5) is 16.3. The summed E-state index contributed by atoms with van der Waals surface area (Å²) < 4.78 is 39.4. The molecule has 0 radical (unpaired) electrons. The van der Waals surface area contributed by atoms with Crippen LogP contribution < -0.4 is 5.32 Å². The number of carbonyl (C=O) groups excluding carboxylic acids is 1. The minimum absolute atomic E-state index is 0.0622. The Labute approximate surface area is 145 Å². The van der Waals surface area contributed by atoms with Gasteiger partial charge in [0.25, 0.3) is 0 Å². The Balaban J connectivity index is 1.61. The highest BCUT2D eigenvalue weighted by Crippen LogP contribution is 2.25. The maximum Gasteiger partial charge on any atom is 0.243 e. The third kappa shape index (κ3) is 4.02. The Bertz CT molecular complexity index is 833. The van der Waals surface area contributed by atoms with Crippen LogP contribution in [0.1, 0.15) is 12.8 Å². The van der Waals surface area contributed by atoms with Gasteiger partial charge in [-0.2, -0.15) is 4.31 Å². The van der Waals surface area contributed by atoms with Crippen LogP contribution in [0.5, 0.6) is 0 Å². The van der Waals surface area contributed by atoms with E-state index in [0.717, 1.165) is 12.1 Å². The van der Waals surface area contributed by atoms with Crippen LogP contribution in [0, 0.1) is 11.7 Å². The van der Waals surface area contributed by atoms with E-state index in [9.17, 15) is 17.6 Å². The van der Waals surface area contributed by atoms with Gasteiger partial charge in [-0.05, 0) is 49.2 Å². The van der Waals surface area contributed by atoms with Crippen molar-refractivity contribution in [2.45, 2.75) is 17.7 Å². The van der Waals surface area contributed by atoms with E-state index < -0.39 is 15.8 Å². The predicted molar refractivity (Wildman–Crippen MR) is 90.7 cm³/mol. The number of halogens is 1. The number of sulfonamides is 1. The first kappa shape index (κ1) is 17.5. The van der Waals surface area contributed by atoms with Crippen molar-refractivity contribution in [1.29, 1.82) is 0 Å². The SMILES string of the molecule is O=C(Nc1cccnc1)C1CCN(S(=O)(=O)c2ccc(F)cc2)CC1. The molecule has 0 spiro atoms. The largest absolute Gasteiger partial charge is 0.324 e. The van der Waals surface area contributed by atoms with E-state index in [-0.39, 0.29) is 29.8 Å². The van der Waals surface area contributed by atoms with Gasteiger partial charge in [0.2, 0.25) is 15.9 Å². The van der Waals surface area contributed by atoms with Gasteiger partial charge in [0.15, 0.2) is 0 Å². The first-order valence-corrected chi connectivity index (χ1v) is 9.37. The number of hydrogen-bond donors (Lipinski definition) is 1. The summed E-state index contributed by atoms with van der Waals surface area (Å²) in [5.74, 6) is -0.864. The zero-order valence-corrected chi connectivity index (χ0v) is 14.2. The van der Waals surface area contributed by atoms with Gasteiger partial charge in [-0.15, -0.1) is 0 Å². The Morgan fingerprint density at radius 1 is 1.16 bits per heavy atom. The third-order valence-electron chi connectivity index (χ3n) is 4.21. The zero-order valence-electron chi connectivity index (χ0n) is 13.4. The van der Waals surface area contributed by atoms with Crippen molar-refractivity contribution < 1.29 is 17.6 Å². The Morgan fingerprint density at radius 2 is 1.84 bits per heavy atom. The third-order valence-corrected chi connectivity index (χ3v) is 6.12. The number of aromatic nitrogens is 1. The number of hydrogen-bond acceptors (Lipinski definition) is 4. The van der Waals surface area contributed by atoms with Crippen LogP contribution in [0.2, 0.25) is 0 Å². The average Bonchev–Trinajstić information content (AvgIpc) is 2.63. The van der Waals surface area contributed by atoms with Crippen molar-refractivity contribution in [3.05, 3.63) is 54.6 Å². The van der Waals surface area contributed by atoms with Crippen molar-refractivity contribution in [1.82, 2.24) is 9.29 Å². The molecule has 0 unspecified atom stereocenters. The second-order valence-electron chi connectivity index (χ2n) is 5.86. The van der Waals surface area contributed by atoms with E-state index in [0.29, 0.717) is 18.5 Å². The number of amides is 1. The predicted octanol–water partition coefficient (Wildman–Crippen LogP) is 2.26. The molecule has 0 aliphatic carbocycles. The fraction of sp³-hybridized carbons (Fsp3) is 0.294. The fourth-order valence-electron chi connectivity index (χ4n) is 2.80. The number of piperidine rings is 1. The number of carbonyl (C=O) groups is 1. The lowest BCUT2D eigenvalue weighted by molar-refractivity contribution is -0.120. The molecule has 25 heavy (non-hydrogen) atoms. The van der Waals surface area contributed by atoms with Crippen molar-refractivity contribution in [3.63, 3.8) is 0 Å². The molecule has 2 heterocycles. The Hall–Kier alpha value is -2.32. The lowest BCUT2D eigenvalue weighted by Crippen LogP contribution is -2.41. The number of pyridine rings is 1. The van der Waals surface area contributed by atoms with Crippen LogP contribution in [-0.4, -0.2) is 36.7 Å². The standard InChI is InChI=1S/C17H18FN3O3S/c18-14-3-5-16(6-4-14)25(23,24)21-10-7-13(8-11-21)17(22)20-15-2-1-9-19-12-15/h1-6,9,12-13H,7-8,10-11H2,(H,20,22). The van der Waals surface area contributed by atoms with Gasteiger partial charge in [0.1, 0.15) is 5.82 Å². The lowest BCUT2D eigenvalue weighted by Gasteiger charge is -2.30. The van der Waals surface area contributed by atoms with Crippen LogP contribution in [0.4, 0.5) is 10.1 Å². The normalized spacial score (nSPS) is 16.5. The van der Waals surface area contributed by atoms with E-state index in [1.807, 2.05) is 0 Å². The molecular formula is C17H18FN3O3S. The zero-order chi connectivity index (χ0) is 17.9. The summed E-state index contributed by atoms with van der Waals surface area (Å²) in [5, 5.41) is 2.79. The molecule has 132 valence electrons. The molecule has 2 aromatic rings. The lowest BCUT2D eigenvalue weighted by atomic mass is 9.97. The molecule has 1 fully saturated rings. The maximum atomic E-state index is 13.0. The van der Waals surface area contributed by atoms with E-state index in [1.165, 1.54) is 16.4 Å². The van der Waals surface area contributed by atoms with Crippen LogP contribution >= 0.6 is 0 Å². The number of rotatable bonds is 4. The van der Waals surface area contributed by atoms with Crippen LogP contribution in [0.25, 0.3) is 0 Å². The summed E-state index contributed by atoms with van der Waals surface area (Å²) in [7, 11) is -3.66. The summed E-state index contributed by atoms with van der Waals surface area (Å²) in [6.07, 6.45) is 4.06. The van der Waals surface area contributed by atoms with Crippen LogP contribution in [0.3, 0.4) is 0 Å². The molecule has 0 bridgehead atoms. The first-order valence-electron chi connectivity index (χ1n) is 7.93. The highest BCUT2D eigenvalue weighted by Gasteiger charge is 2.32. The van der Waals surface area contributed by atoms with Crippen LogP contribution in [-0.2, 0) is 14.8 Å². The maximum absolute atomic E-state index is 13.0. The van der Waals surface area contributed by atoms with Gasteiger partial charge in [-0.3, -0.25) is 9.78 Å². The van der Waals surface area contributed by atoms with Gasteiger partial charge in [-0.1, -0.05) is 0 Å². The molecule has 0 atom stereocenters. The second kappa shape index (κ2) is 7.28. The smallest absolute Gasteiger partial charge is 0.243 e. The molecule has 1 amide bonds. The number of benzene rings is 1. The quantitative estimate of drug-likeness (QED) is 0.904. The van der Waals surface area contributed by atoms with Gasteiger partial charge < -0.3 is 5.32 Å². The highest BCUT2D eigenvalue weighted by molar-refractivity contribution is 7.89. The summed E-state index contributed by atoms with van der Waals surface area (Å²) in [6, 6.07) is 8.24. The minimum atomic E-state index is -3.66. The van der Waals surface area contributed by atoms with Gasteiger partial charge in [0.05, 0.1) is 16.8 Å². The molecule has 1 aliphatic rings. The summed E-state index contributed by atoms with van der Waals surface area (Å²) in [6.45, 7) is 0.510. The molecule has 6 nitrogen and oxygen atoms in total. The minimum Gasteiger partial charge on any atom is -0.324 e. The van der Waals surface area contributed by atoms with Gasteiger partial charge in [-0.25, -0.2) is 12.8 Å². The van der Waals surface area contributed by atoms with Crippen molar-refractivity contribution >= 4 is 21.6 Å². The molecule has 1 aliphatic heterocycles. The number of anilines is 1. The molecule has 1 N–H and O–H groups in total. The topological polar surface area (TPSA) is 79.4 Å². The van der Waals surface area contributed by atoms with E-state index in [4.69, 9.17) is 0 Å². The van der Waals surface area contributed by atoms with Crippen molar-refractivity contribution in [2.24, 2.45) is 5.92 Å². The summed E-state index contributed by atoms with van der Waals surface area (Å²) in [5.41, 5.74) is 0.619. The second-order valence-corrected chi connectivity index (χ2v) is 7.80. The van der Waals surface area contributed by atoms with E-state index >= 15 is 0 Å². The monoisotopic (exact) mass is 363 g/mol. The van der Waals surface area contributed by atoms with E-state index in [2.05, 4.69) is 10.3 Å². The molecule has 0 saturated carbocycles. The molecular weight excluding hydrogens is 345 g/mol. The fourth-order valence-corrected chi connectivity index (χ4v) is 4.26. The molecule has 3 rings (SSSR count).